The number of hydrogen-bond donors (Lipinski definition) is 0. The lowest BCUT2D eigenvalue weighted by Crippen LogP contribution is -1.77. The second kappa shape index (κ2) is 12.7. The van der Waals surface area contributed by atoms with Gasteiger partial charge >= 0.3 is 0 Å². The molecule has 0 nitrogen and oxygen atoms in total. The lowest BCUT2D eigenvalue weighted by atomic mass is 10.1. The van der Waals surface area contributed by atoms with Crippen LogP contribution >= 0.6 is 0 Å². The molecule has 0 aliphatic rings. The number of rotatable bonds is 10. The average molecular weight is 197 g/mol. The van der Waals surface area contributed by atoms with Crippen LogP contribution in [-0.4, -0.2) is 0 Å². The lowest BCUT2D eigenvalue weighted by molar-refractivity contribution is 0.611. The molecule has 0 aromatic carbocycles. The highest BCUT2D eigenvalue weighted by Gasteiger charge is 1.87. The van der Waals surface area contributed by atoms with E-state index < -0.39 is 0 Å². The SMILES string of the molecule is [2H]/C(=C\CCCCCCCC)CCCC. The van der Waals surface area contributed by atoms with Gasteiger partial charge in [0.1, 0.15) is 0 Å². The van der Waals surface area contributed by atoms with Crippen molar-refractivity contribution in [2.24, 2.45) is 0 Å². The van der Waals surface area contributed by atoms with Crippen LogP contribution in [0.2, 0.25) is 0 Å². The highest BCUT2D eigenvalue weighted by molar-refractivity contribution is 4.80. The molecule has 0 spiro atoms. The Morgan fingerprint density at radius 2 is 1.43 bits per heavy atom. The van der Waals surface area contributed by atoms with Crippen molar-refractivity contribution >= 4 is 0 Å². The second-order valence-corrected chi connectivity index (χ2v) is 4.07. The molecule has 0 rings (SSSR count). The van der Waals surface area contributed by atoms with Gasteiger partial charge in [-0.2, -0.15) is 0 Å². The summed E-state index contributed by atoms with van der Waals surface area (Å²) in [5.74, 6) is 0. The summed E-state index contributed by atoms with van der Waals surface area (Å²) < 4.78 is 7.68. The Bertz CT molecular complexity index is 149. The van der Waals surface area contributed by atoms with E-state index in [1.165, 1.54) is 51.4 Å². The normalized spacial score (nSPS) is 13.0. The minimum absolute atomic E-state index is 0.852. The first kappa shape index (κ1) is 11.8. The van der Waals surface area contributed by atoms with E-state index in [2.05, 4.69) is 19.9 Å². The zero-order chi connectivity index (χ0) is 11.4. The zero-order valence-corrected chi connectivity index (χ0v) is 10.1. The first-order chi connectivity index (χ1) is 7.31. The Balaban J connectivity index is 3.20. The molecule has 0 aliphatic carbocycles. The van der Waals surface area contributed by atoms with Crippen molar-refractivity contribution in [1.29, 1.82) is 0 Å². The molecule has 0 aromatic rings. The largest absolute Gasteiger partial charge is 0.0885 e. The summed E-state index contributed by atoms with van der Waals surface area (Å²) in [6.45, 7) is 4.43. The van der Waals surface area contributed by atoms with Crippen LogP contribution in [0.1, 0.15) is 79.4 Å². The Morgan fingerprint density at radius 1 is 0.786 bits per heavy atom. The van der Waals surface area contributed by atoms with Gasteiger partial charge in [0.15, 0.2) is 0 Å². The first-order valence-corrected chi connectivity index (χ1v) is 6.46. The summed E-state index contributed by atoms with van der Waals surface area (Å²) >= 11 is 0. The van der Waals surface area contributed by atoms with Gasteiger partial charge in [0.2, 0.25) is 0 Å². The molecular formula is C14H28. The molecule has 0 radical (unpaired) electrons. The predicted octanol–water partition coefficient (Wildman–Crippen LogP) is 5.48. The molecule has 0 fully saturated rings. The lowest BCUT2D eigenvalue weighted by Gasteiger charge is -1.97. The van der Waals surface area contributed by atoms with Crippen LogP contribution < -0.4 is 0 Å². The van der Waals surface area contributed by atoms with Crippen LogP contribution in [-0.2, 0) is 0 Å². The number of hydrogen-bond acceptors (Lipinski definition) is 0. The summed E-state index contributed by atoms with van der Waals surface area (Å²) in [4.78, 5) is 0. The molecule has 84 valence electrons. The summed E-state index contributed by atoms with van der Waals surface area (Å²) in [6, 6.07) is 0.852. The predicted molar refractivity (Wildman–Crippen MR) is 66.7 cm³/mol. The van der Waals surface area contributed by atoms with Crippen LogP contribution in [0.5, 0.6) is 0 Å². The molecule has 0 aliphatic heterocycles. The third-order valence-electron chi connectivity index (χ3n) is 2.52. The smallest absolute Gasteiger partial charge is 0.0572 e. The number of unbranched alkanes of at least 4 members (excludes halogenated alkanes) is 7. The maximum Gasteiger partial charge on any atom is 0.0572 e. The maximum atomic E-state index is 7.68. The van der Waals surface area contributed by atoms with Crippen LogP contribution in [0.4, 0.5) is 0 Å². The molecule has 0 unspecified atom stereocenters. The van der Waals surface area contributed by atoms with Crippen LogP contribution in [0.25, 0.3) is 0 Å². The van der Waals surface area contributed by atoms with E-state index in [9.17, 15) is 0 Å². The molecule has 0 saturated carbocycles. The zero-order valence-electron chi connectivity index (χ0n) is 11.1. The van der Waals surface area contributed by atoms with Crippen molar-refractivity contribution in [2.45, 2.75) is 78.1 Å². The van der Waals surface area contributed by atoms with E-state index in [1.807, 2.05) is 0 Å². The third kappa shape index (κ3) is 11.7. The second-order valence-electron chi connectivity index (χ2n) is 4.07. The Labute approximate surface area is 92.2 Å². The third-order valence-corrected chi connectivity index (χ3v) is 2.52. The van der Waals surface area contributed by atoms with Gasteiger partial charge in [0.25, 0.3) is 0 Å². The average Bonchev–Trinajstić information content (AvgIpc) is 2.25. The molecule has 0 heterocycles. The Kier molecular flexibility index (Phi) is 10.7. The van der Waals surface area contributed by atoms with E-state index >= 15 is 0 Å². The van der Waals surface area contributed by atoms with Crippen molar-refractivity contribution in [3.05, 3.63) is 12.1 Å². The van der Waals surface area contributed by atoms with Crippen LogP contribution in [0.15, 0.2) is 12.1 Å². The summed E-state index contributed by atoms with van der Waals surface area (Å²) in [5, 5.41) is 0. The van der Waals surface area contributed by atoms with Gasteiger partial charge in [-0.1, -0.05) is 70.9 Å². The first-order valence-electron chi connectivity index (χ1n) is 6.96. The molecule has 0 saturated heterocycles. The molecule has 0 N–H and O–H groups in total. The number of allylic oxidation sites excluding steroid dienone is 2. The van der Waals surface area contributed by atoms with Crippen molar-refractivity contribution in [3.8, 4) is 0 Å². The monoisotopic (exact) mass is 197 g/mol. The van der Waals surface area contributed by atoms with Crippen molar-refractivity contribution in [1.82, 2.24) is 0 Å². The fraction of sp³-hybridized carbons (Fsp3) is 0.857. The van der Waals surface area contributed by atoms with Crippen molar-refractivity contribution in [2.75, 3.05) is 0 Å². The summed E-state index contributed by atoms with van der Waals surface area (Å²) in [5.41, 5.74) is 0. The van der Waals surface area contributed by atoms with E-state index in [4.69, 9.17) is 1.37 Å². The molecule has 0 heteroatoms. The Morgan fingerprint density at radius 3 is 2.14 bits per heavy atom. The van der Waals surface area contributed by atoms with E-state index in [0.29, 0.717) is 0 Å². The van der Waals surface area contributed by atoms with E-state index in [1.54, 1.807) is 0 Å². The minimum atomic E-state index is 0.852. The van der Waals surface area contributed by atoms with Gasteiger partial charge in [0.05, 0.1) is 1.37 Å². The highest BCUT2D eigenvalue weighted by atomic mass is 13.9. The minimum Gasteiger partial charge on any atom is -0.0885 e. The van der Waals surface area contributed by atoms with Crippen LogP contribution in [0.3, 0.4) is 0 Å². The highest BCUT2D eigenvalue weighted by Crippen LogP contribution is 2.07. The summed E-state index contributed by atoms with van der Waals surface area (Å²) in [7, 11) is 0. The molecule has 0 aromatic heterocycles. The fourth-order valence-electron chi connectivity index (χ4n) is 1.51. The van der Waals surface area contributed by atoms with Crippen molar-refractivity contribution < 1.29 is 1.37 Å². The standard InChI is InChI=1S/C14H28/c1-3-5-7-9-11-13-14-12-10-8-6-4-2/h9,11H,3-8,10,12-14H2,1-2H3/b11-9+/i9D. The molecule has 0 bridgehead atoms. The van der Waals surface area contributed by atoms with Gasteiger partial charge in [-0.05, 0) is 19.3 Å². The van der Waals surface area contributed by atoms with Crippen molar-refractivity contribution in [3.63, 3.8) is 0 Å². The fourth-order valence-corrected chi connectivity index (χ4v) is 1.51. The quantitative estimate of drug-likeness (QED) is 0.321. The van der Waals surface area contributed by atoms with Gasteiger partial charge in [-0.15, -0.1) is 0 Å². The molecule has 0 amide bonds. The van der Waals surface area contributed by atoms with E-state index in [-0.39, 0.29) is 0 Å². The topological polar surface area (TPSA) is 0 Å². The Hall–Kier alpha value is -0.260. The summed E-state index contributed by atoms with van der Waals surface area (Å²) in [6.07, 6.45) is 14.7. The molecule has 14 heavy (non-hydrogen) atoms. The van der Waals surface area contributed by atoms with E-state index in [0.717, 1.165) is 18.9 Å². The molecule has 0 atom stereocenters. The van der Waals surface area contributed by atoms with Crippen LogP contribution in [0, 0.1) is 0 Å². The van der Waals surface area contributed by atoms with Gasteiger partial charge in [0, 0.05) is 0 Å². The van der Waals surface area contributed by atoms with Gasteiger partial charge < -0.3 is 0 Å². The van der Waals surface area contributed by atoms with Gasteiger partial charge in [-0.25, -0.2) is 0 Å². The molecular weight excluding hydrogens is 168 g/mol. The maximum absolute atomic E-state index is 7.68. The van der Waals surface area contributed by atoms with Gasteiger partial charge in [-0.3, -0.25) is 0 Å².